The Kier molecular flexibility index (Phi) is 30.4. The molecule has 0 heterocycles. The van der Waals surface area contributed by atoms with Crippen molar-refractivity contribution in [1.29, 1.82) is 0 Å². The van der Waals surface area contributed by atoms with Crippen molar-refractivity contribution in [3.05, 3.63) is 0 Å². The third-order valence-corrected chi connectivity index (χ3v) is 2.55. The summed E-state index contributed by atoms with van der Waals surface area (Å²) >= 11 is -3.33. The Balaban J connectivity index is -0.000000101. The van der Waals surface area contributed by atoms with E-state index in [1.54, 1.807) is 0 Å². The van der Waals surface area contributed by atoms with Crippen molar-refractivity contribution in [2.24, 2.45) is 0 Å². The first kappa shape index (κ1) is 32.8. The van der Waals surface area contributed by atoms with Gasteiger partial charge in [0.1, 0.15) is 0 Å². The molecule has 0 aromatic heterocycles. The Morgan fingerprint density at radius 1 is 0.750 bits per heavy atom. The zero-order valence-electron chi connectivity index (χ0n) is 4.98. The SMILES string of the molecule is O=S(OS(=O)(=O)O)OS(=O)(=O)O.[CaH2].[CaH2].[CaH2].[CaH2]. The summed E-state index contributed by atoms with van der Waals surface area (Å²) in [6.45, 7) is 0. The molecule has 0 aliphatic rings. The molecule has 9 nitrogen and oxygen atoms in total. The van der Waals surface area contributed by atoms with E-state index >= 15 is 0 Å². The van der Waals surface area contributed by atoms with Crippen LogP contribution < -0.4 is 0 Å². The van der Waals surface area contributed by atoms with Crippen LogP contribution >= 0.6 is 0 Å². The molecular formula is H10Ca4O9S3. The second-order valence-corrected chi connectivity index (χ2v) is 4.40. The van der Waals surface area contributed by atoms with Crippen molar-refractivity contribution in [2.75, 3.05) is 0 Å². The van der Waals surface area contributed by atoms with Crippen molar-refractivity contribution in [1.82, 2.24) is 0 Å². The van der Waals surface area contributed by atoms with Gasteiger partial charge in [-0.3, -0.25) is 9.11 Å². The zero-order chi connectivity index (χ0) is 9.99. The van der Waals surface area contributed by atoms with Gasteiger partial charge in [-0.25, -0.2) is 0 Å². The molecular weight excluding hydrogens is 401 g/mol. The summed E-state index contributed by atoms with van der Waals surface area (Å²) in [6, 6.07) is 0. The third kappa shape index (κ3) is 27.3. The molecule has 90 valence electrons. The zero-order valence-corrected chi connectivity index (χ0v) is 7.43. The van der Waals surface area contributed by atoms with E-state index in [4.69, 9.17) is 9.11 Å². The van der Waals surface area contributed by atoms with Crippen molar-refractivity contribution in [3.8, 4) is 0 Å². The molecule has 0 aliphatic carbocycles. The summed E-state index contributed by atoms with van der Waals surface area (Å²) in [5.41, 5.74) is 0. The maximum absolute atomic E-state index is 10.1. The third-order valence-electron chi connectivity index (χ3n) is 0.283. The number of hydrogen-bond donors (Lipinski definition) is 2. The first-order valence-electron chi connectivity index (χ1n) is 1.87. The molecule has 0 bridgehead atoms. The Morgan fingerprint density at radius 3 is 1.06 bits per heavy atom. The van der Waals surface area contributed by atoms with Gasteiger partial charge in [0.05, 0.1) is 0 Å². The standard InChI is InChI=1S/4Ca.H2O9S3.8H/c;;;;1-10(8-11(2,3)4)9-12(5,6)7;;;;;;;;/h;;;;(H,2,3,4)(H,5,6,7);;;;;;;;. The summed E-state index contributed by atoms with van der Waals surface area (Å²) < 4.78 is 70.6. The fourth-order valence-corrected chi connectivity index (χ4v) is 1.57. The fourth-order valence-electron chi connectivity index (χ4n) is 0.152. The van der Waals surface area contributed by atoms with E-state index in [2.05, 4.69) is 7.26 Å². The molecule has 0 saturated heterocycles. The minimum absolute atomic E-state index is 0. The molecule has 0 unspecified atom stereocenters. The van der Waals surface area contributed by atoms with Crippen molar-refractivity contribution in [3.63, 3.8) is 0 Å². The van der Waals surface area contributed by atoms with Gasteiger partial charge in [-0.1, -0.05) is 0 Å². The first-order chi connectivity index (χ1) is 5.10. The van der Waals surface area contributed by atoms with Gasteiger partial charge in [-0.15, -0.1) is 7.26 Å². The van der Waals surface area contributed by atoms with Gasteiger partial charge in [0.25, 0.3) is 0 Å². The van der Waals surface area contributed by atoms with Crippen molar-refractivity contribution < 1.29 is 37.4 Å². The molecule has 0 aromatic rings. The molecule has 0 radical (unpaired) electrons. The quantitative estimate of drug-likeness (QED) is 0.342. The van der Waals surface area contributed by atoms with Crippen LogP contribution in [0.2, 0.25) is 0 Å². The van der Waals surface area contributed by atoms with Gasteiger partial charge >= 0.3 is 183 Å². The first-order valence-corrected chi connectivity index (χ1v) is 5.60. The van der Waals surface area contributed by atoms with Crippen LogP contribution in [-0.4, -0.2) is 181 Å². The molecule has 0 aromatic carbocycles. The van der Waals surface area contributed by atoms with E-state index in [1.165, 1.54) is 0 Å². The van der Waals surface area contributed by atoms with Gasteiger partial charge in [-0.05, 0) is 0 Å². The maximum atomic E-state index is 10.1. The minimum atomic E-state index is -5.10. The summed E-state index contributed by atoms with van der Waals surface area (Å²) in [5.74, 6) is 0. The molecule has 0 fully saturated rings. The van der Waals surface area contributed by atoms with Crippen LogP contribution in [-0.2, 0) is 39.4 Å². The second-order valence-electron chi connectivity index (χ2n) is 1.20. The van der Waals surface area contributed by atoms with Gasteiger partial charge in [0, 0.05) is 0 Å². The predicted molar refractivity (Wildman–Crippen MR) is 67.6 cm³/mol. The summed E-state index contributed by atoms with van der Waals surface area (Å²) in [4.78, 5) is 0. The molecule has 0 amide bonds. The van der Waals surface area contributed by atoms with E-state index in [0.29, 0.717) is 0 Å². The molecule has 0 aliphatic heterocycles. The predicted octanol–water partition coefficient (Wildman–Crippen LogP) is -5.46. The average Bonchev–Trinajstić information content (AvgIpc) is 1.49. The molecule has 0 atom stereocenters. The van der Waals surface area contributed by atoms with Crippen LogP contribution in [0.15, 0.2) is 0 Å². The van der Waals surface area contributed by atoms with E-state index in [9.17, 15) is 21.0 Å². The monoisotopic (exact) mass is 410 g/mol. The summed E-state index contributed by atoms with van der Waals surface area (Å²) in [5, 5.41) is 0. The van der Waals surface area contributed by atoms with Gasteiger partial charge in [-0.2, -0.15) is 21.0 Å². The van der Waals surface area contributed by atoms with E-state index < -0.39 is 32.2 Å². The van der Waals surface area contributed by atoms with E-state index in [1.807, 2.05) is 0 Å². The Morgan fingerprint density at radius 2 is 0.938 bits per heavy atom. The van der Waals surface area contributed by atoms with Gasteiger partial charge in [0.15, 0.2) is 0 Å². The molecule has 16 heavy (non-hydrogen) atoms. The van der Waals surface area contributed by atoms with Crippen molar-refractivity contribution >= 4 is 183 Å². The van der Waals surface area contributed by atoms with E-state index in [-0.39, 0.29) is 151 Å². The average molecular weight is 411 g/mol. The molecule has 0 saturated carbocycles. The van der Waals surface area contributed by atoms with Crippen LogP contribution in [0.1, 0.15) is 0 Å². The van der Waals surface area contributed by atoms with E-state index in [0.717, 1.165) is 0 Å². The summed E-state index contributed by atoms with van der Waals surface area (Å²) in [6.07, 6.45) is 0. The Bertz CT molecular complexity index is 330. The molecule has 16 heteroatoms. The van der Waals surface area contributed by atoms with Crippen molar-refractivity contribution in [2.45, 2.75) is 0 Å². The van der Waals surface area contributed by atoms with Crippen LogP contribution in [0.3, 0.4) is 0 Å². The number of rotatable bonds is 4. The normalized spacial score (nSPS) is 10.2. The Hall–Kier alpha value is 4.93. The van der Waals surface area contributed by atoms with Gasteiger partial charge < -0.3 is 0 Å². The fraction of sp³-hybridized carbons (Fsp3) is 0. The van der Waals surface area contributed by atoms with Crippen LogP contribution in [0.4, 0.5) is 0 Å². The number of hydrogen-bond acceptors (Lipinski definition) is 7. The molecule has 2 N–H and O–H groups in total. The molecule has 0 spiro atoms. The van der Waals surface area contributed by atoms with Gasteiger partial charge in [0.2, 0.25) is 0 Å². The topological polar surface area (TPSA) is 144 Å². The van der Waals surface area contributed by atoms with Crippen LogP contribution in [0.25, 0.3) is 0 Å². The second kappa shape index (κ2) is 14.8. The summed E-state index contributed by atoms with van der Waals surface area (Å²) in [7, 11) is -10.2. The Labute approximate surface area is 215 Å². The van der Waals surface area contributed by atoms with Crippen LogP contribution in [0.5, 0.6) is 0 Å². The molecule has 0 rings (SSSR count). The van der Waals surface area contributed by atoms with Crippen LogP contribution in [0, 0.1) is 0 Å².